The second-order valence-electron chi connectivity index (χ2n) is 3.56. The predicted octanol–water partition coefficient (Wildman–Crippen LogP) is 2.27. The first-order chi connectivity index (χ1) is 7.38. The van der Waals surface area contributed by atoms with Gasteiger partial charge in [0, 0.05) is 23.4 Å². The summed E-state index contributed by atoms with van der Waals surface area (Å²) in [6.07, 6.45) is 5.18. The predicted molar refractivity (Wildman–Crippen MR) is 63.0 cm³/mol. The number of thiazole rings is 1. The molecule has 1 aliphatic rings. The van der Waals surface area contributed by atoms with E-state index >= 15 is 0 Å². The lowest BCUT2D eigenvalue weighted by atomic mass is 10.2. The molecule has 0 amide bonds. The molecule has 1 aliphatic carbocycles. The number of rotatable bonds is 6. The Morgan fingerprint density at radius 2 is 2.60 bits per heavy atom. The van der Waals surface area contributed by atoms with Crippen molar-refractivity contribution in [1.82, 2.24) is 10.3 Å². The maximum Gasteiger partial charge on any atom is 0.149 e. The molecule has 1 saturated carbocycles. The molecule has 1 N–H and O–H groups in total. The van der Waals surface area contributed by atoms with E-state index in [1.807, 2.05) is 11.6 Å². The van der Waals surface area contributed by atoms with Crippen LogP contribution in [0.25, 0.3) is 0 Å². The number of hydrogen-bond donors (Lipinski definition) is 1. The molecule has 0 saturated heterocycles. The van der Waals surface area contributed by atoms with Crippen LogP contribution in [0, 0.1) is 11.3 Å². The van der Waals surface area contributed by atoms with Gasteiger partial charge in [0.2, 0.25) is 0 Å². The van der Waals surface area contributed by atoms with E-state index in [0.717, 1.165) is 16.5 Å². The monoisotopic (exact) mass is 239 g/mol. The summed E-state index contributed by atoms with van der Waals surface area (Å²) in [5, 5.41) is 14.2. The van der Waals surface area contributed by atoms with Crippen molar-refractivity contribution in [2.75, 3.05) is 5.75 Å². The Kier molecular flexibility index (Phi) is 4.01. The van der Waals surface area contributed by atoms with E-state index in [1.165, 1.54) is 12.8 Å². The van der Waals surface area contributed by atoms with E-state index in [4.69, 9.17) is 5.26 Å². The first kappa shape index (κ1) is 10.9. The van der Waals surface area contributed by atoms with Crippen LogP contribution in [0.4, 0.5) is 0 Å². The van der Waals surface area contributed by atoms with Gasteiger partial charge in [-0.05, 0) is 19.3 Å². The van der Waals surface area contributed by atoms with E-state index < -0.39 is 0 Å². The van der Waals surface area contributed by atoms with Crippen molar-refractivity contribution in [2.45, 2.75) is 35.7 Å². The highest BCUT2D eigenvalue weighted by Crippen LogP contribution is 2.23. The lowest BCUT2D eigenvalue weighted by Crippen LogP contribution is -2.29. The second kappa shape index (κ2) is 5.50. The van der Waals surface area contributed by atoms with Gasteiger partial charge in [-0.25, -0.2) is 4.98 Å². The van der Waals surface area contributed by atoms with Gasteiger partial charge in [-0.15, -0.1) is 11.3 Å². The topological polar surface area (TPSA) is 48.7 Å². The zero-order valence-corrected chi connectivity index (χ0v) is 9.98. The van der Waals surface area contributed by atoms with Gasteiger partial charge in [0.25, 0.3) is 0 Å². The first-order valence-electron chi connectivity index (χ1n) is 5.06. The van der Waals surface area contributed by atoms with Gasteiger partial charge in [0.15, 0.2) is 0 Å². The maximum atomic E-state index is 8.93. The van der Waals surface area contributed by atoms with Crippen LogP contribution < -0.4 is 5.32 Å². The van der Waals surface area contributed by atoms with E-state index in [9.17, 15) is 0 Å². The summed E-state index contributed by atoms with van der Waals surface area (Å²) in [6.45, 7) is 0. The highest BCUT2D eigenvalue weighted by Gasteiger charge is 2.24. The quantitative estimate of drug-likeness (QED) is 0.774. The van der Waals surface area contributed by atoms with Crippen molar-refractivity contribution in [3.05, 3.63) is 11.6 Å². The van der Waals surface area contributed by atoms with E-state index in [-0.39, 0.29) is 6.04 Å². The van der Waals surface area contributed by atoms with E-state index in [2.05, 4.69) is 16.4 Å². The van der Waals surface area contributed by atoms with Crippen molar-refractivity contribution in [3.8, 4) is 6.07 Å². The largest absolute Gasteiger partial charge is 0.299 e. The molecular formula is C10H13N3S2. The Labute approximate surface area is 97.9 Å². The van der Waals surface area contributed by atoms with Gasteiger partial charge >= 0.3 is 0 Å². The van der Waals surface area contributed by atoms with Gasteiger partial charge in [-0.1, -0.05) is 11.8 Å². The Hall–Kier alpha value is -0.570. The van der Waals surface area contributed by atoms with Crippen molar-refractivity contribution in [1.29, 1.82) is 5.26 Å². The Morgan fingerprint density at radius 1 is 1.73 bits per heavy atom. The molecule has 1 heterocycles. The third kappa shape index (κ3) is 3.82. The van der Waals surface area contributed by atoms with E-state index in [1.54, 1.807) is 23.1 Å². The third-order valence-electron chi connectivity index (χ3n) is 2.21. The second-order valence-corrected chi connectivity index (χ2v) is 5.79. The molecule has 0 aliphatic heterocycles. The lowest BCUT2D eigenvalue weighted by molar-refractivity contribution is 0.587. The molecular weight excluding hydrogens is 226 g/mol. The minimum atomic E-state index is 0.0185. The Balaban J connectivity index is 1.65. The van der Waals surface area contributed by atoms with E-state index in [0.29, 0.717) is 6.04 Å². The minimum absolute atomic E-state index is 0.0185. The zero-order valence-electron chi connectivity index (χ0n) is 8.35. The molecule has 1 aromatic rings. The van der Waals surface area contributed by atoms with Crippen molar-refractivity contribution < 1.29 is 0 Å². The number of nitrogens with zero attached hydrogens (tertiary/aromatic N) is 2. The highest BCUT2D eigenvalue weighted by atomic mass is 32.2. The molecule has 0 spiro atoms. The normalized spacial score (nSPS) is 17.3. The van der Waals surface area contributed by atoms with Crippen LogP contribution in [-0.2, 0) is 0 Å². The Morgan fingerprint density at radius 3 is 3.20 bits per heavy atom. The standard InChI is InChI=1S/C10H13N3S2/c11-7-9(13-8-1-2-8)3-5-14-10-12-4-6-15-10/h4,6,8-9,13H,1-3,5H2. The highest BCUT2D eigenvalue weighted by molar-refractivity contribution is 8.00. The first-order valence-corrected chi connectivity index (χ1v) is 6.93. The molecule has 2 rings (SSSR count). The van der Waals surface area contributed by atoms with Crippen LogP contribution in [0.5, 0.6) is 0 Å². The average Bonchev–Trinajstić information content (AvgIpc) is 2.91. The smallest absolute Gasteiger partial charge is 0.149 e. The SMILES string of the molecule is N#CC(CCSc1nccs1)NC1CC1. The molecule has 1 unspecified atom stereocenters. The zero-order chi connectivity index (χ0) is 10.5. The fourth-order valence-electron chi connectivity index (χ4n) is 1.27. The van der Waals surface area contributed by atoms with Crippen LogP contribution in [0.1, 0.15) is 19.3 Å². The molecule has 1 atom stereocenters. The summed E-state index contributed by atoms with van der Waals surface area (Å²) >= 11 is 3.39. The van der Waals surface area contributed by atoms with Gasteiger partial charge < -0.3 is 0 Å². The number of aromatic nitrogens is 1. The molecule has 80 valence electrons. The van der Waals surface area contributed by atoms with Crippen molar-refractivity contribution in [3.63, 3.8) is 0 Å². The summed E-state index contributed by atoms with van der Waals surface area (Å²) in [5.41, 5.74) is 0. The van der Waals surface area contributed by atoms with Gasteiger partial charge in [-0.3, -0.25) is 5.32 Å². The molecule has 1 fully saturated rings. The van der Waals surface area contributed by atoms with Crippen LogP contribution >= 0.6 is 23.1 Å². The fraction of sp³-hybridized carbons (Fsp3) is 0.600. The number of nitrogens with one attached hydrogen (secondary N) is 1. The molecule has 0 bridgehead atoms. The molecule has 5 heteroatoms. The Bertz CT molecular complexity index is 327. The van der Waals surface area contributed by atoms with Crippen LogP contribution in [-0.4, -0.2) is 22.8 Å². The van der Waals surface area contributed by atoms with Crippen molar-refractivity contribution in [2.24, 2.45) is 0 Å². The van der Waals surface area contributed by atoms with Crippen LogP contribution in [0.3, 0.4) is 0 Å². The molecule has 0 radical (unpaired) electrons. The summed E-state index contributed by atoms with van der Waals surface area (Å²) in [5.74, 6) is 0.964. The third-order valence-corrected chi connectivity index (χ3v) is 4.21. The molecule has 3 nitrogen and oxygen atoms in total. The van der Waals surface area contributed by atoms with Crippen LogP contribution in [0.15, 0.2) is 15.9 Å². The molecule has 1 aromatic heterocycles. The number of nitriles is 1. The summed E-state index contributed by atoms with van der Waals surface area (Å²) < 4.78 is 1.10. The average molecular weight is 239 g/mol. The number of hydrogen-bond acceptors (Lipinski definition) is 5. The summed E-state index contributed by atoms with van der Waals surface area (Å²) in [4.78, 5) is 4.19. The van der Waals surface area contributed by atoms with Gasteiger partial charge in [0.1, 0.15) is 4.34 Å². The fourth-order valence-corrected chi connectivity index (χ4v) is 2.98. The number of thioether (sulfide) groups is 1. The van der Waals surface area contributed by atoms with Gasteiger partial charge in [0.05, 0.1) is 12.1 Å². The minimum Gasteiger partial charge on any atom is -0.299 e. The molecule has 15 heavy (non-hydrogen) atoms. The summed E-state index contributed by atoms with van der Waals surface area (Å²) in [6, 6.07) is 2.94. The van der Waals surface area contributed by atoms with Crippen molar-refractivity contribution >= 4 is 23.1 Å². The lowest BCUT2D eigenvalue weighted by Gasteiger charge is -2.08. The maximum absolute atomic E-state index is 8.93. The van der Waals surface area contributed by atoms with Crippen LogP contribution in [0.2, 0.25) is 0 Å². The summed E-state index contributed by atoms with van der Waals surface area (Å²) in [7, 11) is 0. The van der Waals surface area contributed by atoms with Gasteiger partial charge in [-0.2, -0.15) is 5.26 Å². The molecule has 0 aromatic carbocycles.